The Kier molecular flexibility index (Phi) is 5.29. The minimum absolute atomic E-state index is 0.0589. The lowest BCUT2D eigenvalue weighted by Gasteiger charge is -2.36. The average molecular weight is 345 g/mol. The van der Waals surface area contributed by atoms with Crippen LogP contribution in [-0.4, -0.2) is 59.8 Å². The normalized spacial score (nSPS) is 30.2. The molecule has 0 N–H and O–H groups in total. The van der Waals surface area contributed by atoms with Gasteiger partial charge in [-0.1, -0.05) is 6.07 Å². The van der Waals surface area contributed by atoms with E-state index in [0.717, 1.165) is 52.0 Å². The zero-order chi connectivity index (χ0) is 17.1. The SMILES string of the molecule is O=C(C[C@@H]1OC[C@@H]2CN(Cc3cccnc3)CC[C@@H]21)N1CCCCO1. The smallest absolute Gasteiger partial charge is 0.248 e. The van der Waals surface area contributed by atoms with Gasteiger partial charge in [-0.15, -0.1) is 0 Å². The van der Waals surface area contributed by atoms with Crippen molar-refractivity contribution in [2.75, 3.05) is 32.8 Å². The number of piperidine rings is 1. The summed E-state index contributed by atoms with van der Waals surface area (Å²) in [6, 6.07) is 4.12. The van der Waals surface area contributed by atoms with Gasteiger partial charge in [0.25, 0.3) is 0 Å². The van der Waals surface area contributed by atoms with Gasteiger partial charge in [-0.05, 0) is 43.4 Å². The number of hydroxylamine groups is 2. The van der Waals surface area contributed by atoms with Crippen molar-refractivity contribution in [3.8, 4) is 0 Å². The van der Waals surface area contributed by atoms with Crippen molar-refractivity contribution in [2.45, 2.75) is 38.3 Å². The van der Waals surface area contributed by atoms with Gasteiger partial charge in [0.1, 0.15) is 0 Å². The van der Waals surface area contributed by atoms with Gasteiger partial charge in [-0.3, -0.25) is 19.5 Å². The first-order valence-electron chi connectivity index (χ1n) is 9.46. The van der Waals surface area contributed by atoms with Crippen molar-refractivity contribution in [3.63, 3.8) is 0 Å². The molecule has 0 aromatic carbocycles. The monoisotopic (exact) mass is 345 g/mol. The highest BCUT2D eigenvalue weighted by molar-refractivity contribution is 5.75. The summed E-state index contributed by atoms with van der Waals surface area (Å²) in [5.41, 5.74) is 1.26. The van der Waals surface area contributed by atoms with Crippen molar-refractivity contribution < 1.29 is 14.4 Å². The molecule has 3 saturated heterocycles. The van der Waals surface area contributed by atoms with E-state index in [0.29, 0.717) is 24.9 Å². The van der Waals surface area contributed by atoms with Gasteiger partial charge >= 0.3 is 0 Å². The number of nitrogens with zero attached hydrogens (tertiary/aromatic N) is 3. The van der Waals surface area contributed by atoms with Crippen LogP contribution in [0, 0.1) is 11.8 Å². The second-order valence-electron chi connectivity index (χ2n) is 7.42. The van der Waals surface area contributed by atoms with Crippen LogP contribution in [0.1, 0.15) is 31.2 Å². The molecule has 0 radical (unpaired) electrons. The van der Waals surface area contributed by atoms with E-state index in [1.54, 1.807) is 5.06 Å². The Morgan fingerprint density at radius 1 is 1.32 bits per heavy atom. The summed E-state index contributed by atoms with van der Waals surface area (Å²) < 4.78 is 6.02. The van der Waals surface area contributed by atoms with Crippen molar-refractivity contribution >= 4 is 5.91 Å². The van der Waals surface area contributed by atoms with Crippen molar-refractivity contribution in [1.82, 2.24) is 14.9 Å². The molecule has 0 saturated carbocycles. The van der Waals surface area contributed by atoms with Crippen LogP contribution < -0.4 is 0 Å². The summed E-state index contributed by atoms with van der Waals surface area (Å²) >= 11 is 0. The van der Waals surface area contributed by atoms with E-state index in [4.69, 9.17) is 9.57 Å². The minimum atomic E-state index is 0.0589. The summed E-state index contributed by atoms with van der Waals surface area (Å²) in [5.74, 6) is 1.12. The third-order valence-corrected chi connectivity index (χ3v) is 5.66. The Labute approximate surface area is 149 Å². The number of rotatable bonds is 4. The number of hydrogen-bond acceptors (Lipinski definition) is 5. The fourth-order valence-electron chi connectivity index (χ4n) is 4.33. The summed E-state index contributed by atoms with van der Waals surface area (Å²) in [6.07, 6.45) is 7.45. The van der Waals surface area contributed by atoms with Crippen LogP contribution in [0.4, 0.5) is 0 Å². The van der Waals surface area contributed by atoms with Crippen molar-refractivity contribution in [3.05, 3.63) is 30.1 Å². The maximum absolute atomic E-state index is 12.4. The summed E-state index contributed by atoms with van der Waals surface area (Å²) in [6.45, 7) is 5.20. The molecule has 0 unspecified atom stereocenters. The molecule has 3 fully saturated rings. The second kappa shape index (κ2) is 7.81. The fourth-order valence-corrected chi connectivity index (χ4v) is 4.33. The third kappa shape index (κ3) is 4.02. The van der Waals surface area contributed by atoms with Gasteiger partial charge in [-0.2, -0.15) is 0 Å². The highest BCUT2D eigenvalue weighted by atomic mass is 16.7. The Morgan fingerprint density at radius 2 is 2.28 bits per heavy atom. The molecule has 1 amide bonds. The van der Waals surface area contributed by atoms with Gasteiger partial charge in [-0.25, -0.2) is 5.06 Å². The number of pyridine rings is 1. The zero-order valence-electron chi connectivity index (χ0n) is 14.7. The van der Waals surface area contributed by atoms with E-state index < -0.39 is 0 Å². The number of ether oxygens (including phenoxy) is 1. The first kappa shape index (κ1) is 16.9. The molecule has 6 nitrogen and oxygen atoms in total. The van der Waals surface area contributed by atoms with Gasteiger partial charge in [0, 0.05) is 37.9 Å². The Balaban J connectivity index is 1.29. The zero-order valence-corrected chi connectivity index (χ0v) is 14.7. The molecule has 0 spiro atoms. The molecule has 25 heavy (non-hydrogen) atoms. The van der Waals surface area contributed by atoms with Crippen LogP contribution in [-0.2, 0) is 20.9 Å². The minimum Gasteiger partial charge on any atom is -0.377 e. The number of carbonyl (C=O) groups is 1. The van der Waals surface area contributed by atoms with E-state index in [2.05, 4.69) is 16.0 Å². The maximum atomic E-state index is 12.4. The predicted molar refractivity (Wildman–Crippen MR) is 92.4 cm³/mol. The molecule has 6 heteroatoms. The largest absolute Gasteiger partial charge is 0.377 e. The van der Waals surface area contributed by atoms with E-state index in [9.17, 15) is 4.79 Å². The van der Waals surface area contributed by atoms with E-state index in [1.807, 2.05) is 18.5 Å². The summed E-state index contributed by atoms with van der Waals surface area (Å²) in [5, 5.41) is 1.55. The van der Waals surface area contributed by atoms with Gasteiger partial charge in [0.05, 0.1) is 25.7 Å². The van der Waals surface area contributed by atoms with Crippen molar-refractivity contribution in [1.29, 1.82) is 0 Å². The Bertz CT molecular complexity index is 577. The predicted octanol–water partition coefficient (Wildman–Crippen LogP) is 1.86. The molecule has 3 aliphatic rings. The topological polar surface area (TPSA) is 54.9 Å². The number of carbonyl (C=O) groups excluding carboxylic acids is 1. The third-order valence-electron chi connectivity index (χ3n) is 5.66. The first-order valence-corrected chi connectivity index (χ1v) is 9.46. The van der Waals surface area contributed by atoms with E-state index in [-0.39, 0.29) is 12.0 Å². The highest BCUT2D eigenvalue weighted by Gasteiger charge is 2.42. The standard InChI is InChI=1S/C19H27N3O3/c23-19(22-7-1-2-9-25-22)10-18-17-5-8-21(13-16(17)14-24-18)12-15-4-3-6-20-11-15/h3-4,6,11,16-18H,1-2,5,7-10,12-14H2/t16-,17-,18-/m0/s1. The molecule has 0 bridgehead atoms. The number of fused-ring (bicyclic) bond motifs is 1. The highest BCUT2D eigenvalue weighted by Crippen LogP contribution is 2.36. The summed E-state index contributed by atoms with van der Waals surface area (Å²) in [4.78, 5) is 24.6. The van der Waals surface area contributed by atoms with Crippen LogP contribution in [0.2, 0.25) is 0 Å². The van der Waals surface area contributed by atoms with Crippen LogP contribution in [0.25, 0.3) is 0 Å². The molecule has 3 aliphatic heterocycles. The van der Waals surface area contributed by atoms with Gasteiger partial charge in [0.15, 0.2) is 0 Å². The molecule has 4 heterocycles. The Hall–Kier alpha value is -1.50. The van der Waals surface area contributed by atoms with E-state index >= 15 is 0 Å². The van der Waals surface area contributed by atoms with Crippen LogP contribution in [0.5, 0.6) is 0 Å². The molecule has 1 aromatic heterocycles. The first-order chi connectivity index (χ1) is 12.3. The van der Waals surface area contributed by atoms with Gasteiger partial charge < -0.3 is 4.74 Å². The molecule has 0 aliphatic carbocycles. The second-order valence-corrected chi connectivity index (χ2v) is 7.42. The lowest BCUT2D eigenvalue weighted by atomic mass is 9.83. The van der Waals surface area contributed by atoms with Crippen LogP contribution >= 0.6 is 0 Å². The number of likely N-dealkylation sites (tertiary alicyclic amines) is 1. The quantitative estimate of drug-likeness (QED) is 0.834. The number of hydrogen-bond donors (Lipinski definition) is 0. The van der Waals surface area contributed by atoms with Crippen molar-refractivity contribution in [2.24, 2.45) is 11.8 Å². The maximum Gasteiger partial charge on any atom is 0.248 e. The van der Waals surface area contributed by atoms with E-state index in [1.165, 1.54) is 5.56 Å². The Morgan fingerprint density at radius 3 is 3.08 bits per heavy atom. The van der Waals surface area contributed by atoms with Gasteiger partial charge in [0.2, 0.25) is 5.91 Å². The number of amides is 1. The lowest BCUT2D eigenvalue weighted by Crippen LogP contribution is -2.43. The molecule has 3 atom stereocenters. The van der Waals surface area contributed by atoms with Crippen LogP contribution in [0.15, 0.2) is 24.5 Å². The summed E-state index contributed by atoms with van der Waals surface area (Å²) in [7, 11) is 0. The van der Waals surface area contributed by atoms with Crippen LogP contribution in [0.3, 0.4) is 0 Å². The average Bonchev–Trinajstić information content (AvgIpc) is 3.05. The number of aromatic nitrogens is 1. The molecule has 136 valence electrons. The molecule has 4 rings (SSSR count). The fraction of sp³-hybridized carbons (Fsp3) is 0.684. The molecule has 1 aromatic rings. The molecular formula is C19H27N3O3. The lowest BCUT2D eigenvalue weighted by molar-refractivity contribution is -0.199. The molecular weight excluding hydrogens is 318 g/mol.